The number of piperidine rings is 1. The molecule has 0 radical (unpaired) electrons. The van der Waals surface area contributed by atoms with Crippen LogP contribution in [0.25, 0.3) is 0 Å². The predicted molar refractivity (Wildman–Crippen MR) is 69.6 cm³/mol. The Hall–Kier alpha value is -0.770. The summed E-state index contributed by atoms with van der Waals surface area (Å²) in [7, 11) is 0. The Morgan fingerprint density at radius 2 is 2.31 bits per heavy atom. The van der Waals surface area contributed by atoms with E-state index >= 15 is 0 Å². The van der Waals surface area contributed by atoms with Gasteiger partial charge in [-0.3, -0.25) is 4.99 Å². The third-order valence-corrected chi connectivity index (χ3v) is 3.13. The van der Waals surface area contributed by atoms with Gasteiger partial charge in [0.15, 0.2) is 5.96 Å². The van der Waals surface area contributed by atoms with Gasteiger partial charge in [0.25, 0.3) is 0 Å². The van der Waals surface area contributed by atoms with Crippen molar-refractivity contribution in [2.75, 3.05) is 32.7 Å². The fraction of sp³-hybridized carbons (Fsp3) is 0.917. The zero-order valence-corrected chi connectivity index (χ0v) is 10.7. The molecule has 4 heteroatoms. The first-order chi connectivity index (χ1) is 7.76. The molecule has 0 bridgehead atoms. The molecule has 16 heavy (non-hydrogen) atoms. The summed E-state index contributed by atoms with van der Waals surface area (Å²) in [4.78, 5) is 6.91. The van der Waals surface area contributed by atoms with Gasteiger partial charge in [0.1, 0.15) is 0 Å². The average molecular weight is 226 g/mol. The second kappa shape index (κ2) is 7.49. The van der Waals surface area contributed by atoms with Crippen molar-refractivity contribution in [2.24, 2.45) is 16.6 Å². The summed E-state index contributed by atoms with van der Waals surface area (Å²) in [5.74, 6) is 1.30. The first kappa shape index (κ1) is 13.3. The lowest BCUT2D eigenvalue weighted by atomic mass is 9.98. The Bertz CT molecular complexity index is 215. The molecule has 0 amide bonds. The van der Waals surface area contributed by atoms with Crippen molar-refractivity contribution in [2.45, 2.75) is 33.1 Å². The van der Waals surface area contributed by atoms with Crippen LogP contribution in [-0.4, -0.2) is 43.6 Å². The van der Waals surface area contributed by atoms with Crippen LogP contribution in [-0.2, 0) is 0 Å². The number of nitrogens with two attached hydrogens (primary N) is 1. The van der Waals surface area contributed by atoms with Crippen molar-refractivity contribution >= 4 is 5.96 Å². The van der Waals surface area contributed by atoms with Gasteiger partial charge in [-0.2, -0.15) is 0 Å². The van der Waals surface area contributed by atoms with Crippen LogP contribution in [0.2, 0.25) is 0 Å². The van der Waals surface area contributed by atoms with Crippen LogP contribution in [0.3, 0.4) is 0 Å². The number of likely N-dealkylation sites (tertiary alicyclic amines) is 1. The number of guanidine groups is 1. The van der Waals surface area contributed by atoms with Gasteiger partial charge in [-0.05, 0) is 38.3 Å². The Kier molecular flexibility index (Phi) is 6.23. The monoisotopic (exact) mass is 226 g/mol. The molecule has 1 heterocycles. The maximum Gasteiger partial charge on any atom is 0.188 e. The van der Waals surface area contributed by atoms with Crippen molar-refractivity contribution in [1.29, 1.82) is 0 Å². The molecular weight excluding hydrogens is 200 g/mol. The van der Waals surface area contributed by atoms with Gasteiger partial charge >= 0.3 is 0 Å². The summed E-state index contributed by atoms with van der Waals surface area (Å²) in [6.45, 7) is 9.73. The molecule has 1 unspecified atom stereocenters. The molecule has 0 spiro atoms. The fourth-order valence-corrected chi connectivity index (χ4v) is 2.12. The maximum absolute atomic E-state index is 5.77. The van der Waals surface area contributed by atoms with Crippen molar-refractivity contribution in [1.82, 2.24) is 10.2 Å². The quantitative estimate of drug-likeness (QED) is 0.544. The van der Waals surface area contributed by atoms with Crippen LogP contribution < -0.4 is 11.1 Å². The summed E-state index contributed by atoms with van der Waals surface area (Å²) in [6.07, 6.45) is 3.68. The van der Waals surface area contributed by atoms with Gasteiger partial charge in [0.05, 0.1) is 0 Å². The molecular formula is C12H26N4. The summed E-state index contributed by atoms with van der Waals surface area (Å²) in [5.41, 5.74) is 5.77. The van der Waals surface area contributed by atoms with Gasteiger partial charge in [0.2, 0.25) is 0 Å². The SMILES string of the molecule is CCCNC(N)=NCC1CCCN(CC)C1. The minimum Gasteiger partial charge on any atom is -0.370 e. The van der Waals surface area contributed by atoms with E-state index in [1.165, 1.54) is 25.9 Å². The molecule has 1 rings (SSSR count). The maximum atomic E-state index is 5.77. The van der Waals surface area contributed by atoms with E-state index in [1.54, 1.807) is 0 Å². The lowest BCUT2D eigenvalue weighted by molar-refractivity contribution is 0.186. The van der Waals surface area contributed by atoms with Crippen LogP contribution in [0, 0.1) is 5.92 Å². The van der Waals surface area contributed by atoms with Crippen LogP contribution in [0.15, 0.2) is 4.99 Å². The molecule has 3 N–H and O–H groups in total. The fourth-order valence-electron chi connectivity index (χ4n) is 2.12. The van der Waals surface area contributed by atoms with E-state index in [1.807, 2.05) is 0 Å². The number of nitrogens with one attached hydrogen (secondary N) is 1. The Morgan fingerprint density at radius 1 is 1.50 bits per heavy atom. The molecule has 1 fully saturated rings. The minimum atomic E-state index is 0.607. The van der Waals surface area contributed by atoms with Crippen molar-refractivity contribution < 1.29 is 0 Å². The zero-order chi connectivity index (χ0) is 11.8. The first-order valence-corrected chi connectivity index (χ1v) is 6.52. The summed E-state index contributed by atoms with van der Waals surface area (Å²) >= 11 is 0. The van der Waals surface area contributed by atoms with Crippen molar-refractivity contribution in [3.05, 3.63) is 0 Å². The number of nitrogens with zero attached hydrogens (tertiary/aromatic N) is 2. The molecule has 1 saturated heterocycles. The van der Waals surface area contributed by atoms with Crippen LogP contribution >= 0.6 is 0 Å². The minimum absolute atomic E-state index is 0.607. The lowest BCUT2D eigenvalue weighted by Gasteiger charge is -2.30. The third-order valence-electron chi connectivity index (χ3n) is 3.13. The third kappa shape index (κ3) is 4.84. The van der Waals surface area contributed by atoms with Gasteiger partial charge in [0, 0.05) is 19.6 Å². The zero-order valence-electron chi connectivity index (χ0n) is 10.7. The number of aliphatic imine (C=N–C) groups is 1. The molecule has 0 aromatic rings. The van der Waals surface area contributed by atoms with Crippen molar-refractivity contribution in [3.63, 3.8) is 0 Å². The second-order valence-corrected chi connectivity index (χ2v) is 4.55. The van der Waals surface area contributed by atoms with E-state index in [0.29, 0.717) is 11.9 Å². The average Bonchev–Trinajstić information content (AvgIpc) is 2.34. The van der Waals surface area contributed by atoms with E-state index in [9.17, 15) is 0 Å². The molecule has 0 aromatic heterocycles. The first-order valence-electron chi connectivity index (χ1n) is 6.52. The number of hydrogen-bond donors (Lipinski definition) is 2. The molecule has 0 aliphatic carbocycles. The molecule has 94 valence electrons. The van der Waals surface area contributed by atoms with Gasteiger partial charge in [-0.1, -0.05) is 13.8 Å². The Balaban J connectivity index is 2.25. The number of rotatable bonds is 5. The Morgan fingerprint density at radius 3 is 3.00 bits per heavy atom. The van der Waals surface area contributed by atoms with E-state index < -0.39 is 0 Å². The molecule has 0 saturated carbocycles. The molecule has 1 atom stereocenters. The smallest absolute Gasteiger partial charge is 0.188 e. The largest absolute Gasteiger partial charge is 0.370 e. The van der Waals surface area contributed by atoms with E-state index in [2.05, 4.69) is 29.1 Å². The highest BCUT2D eigenvalue weighted by Crippen LogP contribution is 2.16. The summed E-state index contributed by atoms with van der Waals surface area (Å²) < 4.78 is 0. The molecule has 0 aromatic carbocycles. The normalized spacial score (nSPS) is 23.4. The van der Waals surface area contributed by atoms with Gasteiger partial charge in [-0.15, -0.1) is 0 Å². The molecule has 4 nitrogen and oxygen atoms in total. The standard InChI is InChI=1S/C12H26N4/c1-3-7-14-12(13)15-9-11-6-5-8-16(4-2)10-11/h11H,3-10H2,1-2H3,(H3,13,14,15). The van der Waals surface area contributed by atoms with E-state index in [4.69, 9.17) is 5.73 Å². The highest BCUT2D eigenvalue weighted by Gasteiger charge is 2.17. The molecule has 1 aliphatic rings. The van der Waals surface area contributed by atoms with Crippen LogP contribution in [0.4, 0.5) is 0 Å². The second-order valence-electron chi connectivity index (χ2n) is 4.55. The topological polar surface area (TPSA) is 53.6 Å². The highest BCUT2D eigenvalue weighted by atomic mass is 15.1. The summed E-state index contributed by atoms with van der Waals surface area (Å²) in [6, 6.07) is 0. The lowest BCUT2D eigenvalue weighted by Crippen LogP contribution is -2.37. The van der Waals surface area contributed by atoms with Gasteiger partial charge < -0.3 is 16.0 Å². The Labute approximate surface area is 99.3 Å². The number of hydrogen-bond acceptors (Lipinski definition) is 2. The van der Waals surface area contributed by atoms with Gasteiger partial charge in [-0.25, -0.2) is 0 Å². The van der Waals surface area contributed by atoms with Crippen LogP contribution in [0.5, 0.6) is 0 Å². The van der Waals surface area contributed by atoms with E-state index in [0.717, 1.165) is 26.1 Å². The van der Waals surface area contributed by atoms with E-state index in [-0.39, 0.29) is 0 Å². The summed E-state index contributed by atoms with van der Waals surface area (Å²) in [5, 5.41) is 3.11. The predicted octanol–water partition coefficient (Wildman–Crippen LogP) is 1.03. The highest BCUT2D eigenvalue weighted by molar-refractivity contribution is 5.77. The van der Waals surface area contributed by atoms with Crippen LogP contribution in [0.1, 0.15) is 33.1 Å². The molecule has 1 aliphatic heterocycles. The van der Waals surface area contributed by atoms with Crippen molar-refractivity contribution in [3.8, 4) is 0 Å².